The van der Waals surface area contributed by atoms with Gasteiger partial charge < -0.3 is 19.5 Å². The minimum atomic E-state index is -0.804. The minimum absolute atomic E-state index is 0.0316. The number of ether oxygens (including phenoxy) is 3. The molecule has 1 N–H and O–H groups in total. The van der Waals surface area contributed by atoms with E-state index in [0.29, 0.717) is 36.4 Å². The van der Waals surface area contributed by atoms with Crippen LogP contribution in [0.25, 0.3) is 0 Å². The Bertz CT molecular complexity index is 680. The van der Waals surface area contributed by atoms with E-state index >= 15 is 0 Å². The first-order valence-corrected chi connectivity index (χ1v) is 10.9. The van der Waals surface area contributed by atoms with Crippen LogP contribution in [-0.2, 0) is 14.3 Å². The summed E-state index contributed by atoms with van der Waals surface area (Å²) in [6.07, 6.45) is 6.41. The van der Waals surface area contributed by atoms with Gasteiger partial charge in [-0.2, -0.15) is 0 Å². The van der Waals surface area contributed by atoms with Crippen LogP contribution in [0, 0.1) is 0 Å². The molecule has 0 bridgehead atoms. The summed E-state index contributed by atoms with van der Waals surface area (Å²) in [5, 5.41) is 2.97. The lowest BCUT2D eigenvalue weighted by Gasteiger charge is -2.31. The Balaban J connectivity index is 2.27. The number of nitrogens with one attached hydrogen (secondary N) is 1. The van der Waals surface area contributed by atoms with Crippen LogP contribution in [-0.4, -0.2) is 36.8 Å². The topological polar surface area (TPSA) is 73.9 Å². The molecule has 1 aromatic carbocycles. The number of amides is 1. The van der Waals surface area contributed by atoms with Gasteiger partial charge in [0.2, 0.25) is 0 Å². The second-order valence-corrected chi connectivity index (χ2v) is 7.56. The molecule has 1 aliphatic carbocycles. The number of anilines is 1. The Morgan fingerprint density at radius 3 is 2.34 bits per heavy atom. The Kier molecular flexibility index (Phi) is 8.96. The van der Waals surface area contributed by atoms with Gasteiger partial charge in [0.1, 0.15) is 16.9 Å². The fourth-order valence-corrected chi connectivity index (χ4v) is 3.64. The van der Waals surface area contributed by atoms with Crippen molar-refractivity contribution >= 4 is 17.6 Å². The van der Waals surface area contributed by atoms with Crippen molar-refractivity contribution in [2.75, 3.05) is 18.5 Å². The number of hydrogen-bond donors (Lipinski definition) is 1. The molecular formula is C23H35NO5. The maximum Gasteiger partial charge on any atom is 0.341 e. The van der Waals surface area contributed by atoms with Crippen molar-refractivity contribution in [3.8, 4) is 5.75 Å². The Hall–Kier alpha value is -2.08. The van der Waals surface area contributed by atoms with Crippen LogP contribution in [0.1, 0.15) is 83.0 Å². The quantitative estimate of drug-likeness (QED) is 0.456. The molecule has 0 saturated heterocycles. The van der Waals surface area contributed by atoms with E-state index in [1.807, 2.05) is 20.8 Å². The molecule has 1 aromatic rings. The molecule has 1 fully saturated rings. The Morgan fingerprint density at radius 1 is 1.07 bits per heavy atom. The van der Waals surface area contributed by atoms with E-state index in [1.54, 1.807) is 25.1 Å². The molecule has 0 aliphatic heterocycles. The van der Waals surface area contributed by atoms with Gasteiger partial charge in [0.15, 0.2) is 0 Å². The first kappa shape index (κ1) is 23.2. The summed E-state index contributed by atoms with van der Waals surface area (Å²) in [6.45, 7) is 8.40. The highest BCUT2D eigenvalue weighted by Crippen LogP contribution is 2.33. The molecule has 0 spiro atoms. The standard InChI is InChI=1S/C23H35NO5/c1-5-17(4)29-20-13-12-18(16-19(20)21(25)27-6-2)24-22(26)23(28-7-3)14-10-8-9-11-15-23/h12-13,16-17H,5-11,14-15H2,1-4H3,(H,24,26). The van der Waals surface area contributed by atoms with Crippen molar-refractivity contribution in [2.24, 2.45) is 0 Å². The van der Waals surface area contributed by atoms with E-state index in [4.69, 9.17) is 14.2 Å². The summed E-state index contributed by atoms with van der Waals surface area (Å²) in [5.74, 6) is -0.146. The molecule has 1 aliphatic rings. The van der Waals surface area contributed by atoms with Gasteiger partial charge in [0.05, 0.1) is 12.7 Å². The second kappa shape index (κ2) is 11.2. The van der Waals surface area contributed by atoms with Crippen molar-refractivity contribution in [1.82, 2.24) is 0 Å². The summed E-state index contributed by atoms with van der Waals surface area (Å²) in [7, 11) is 0. The summed E-state index contributed by atoms with van der Waals surface area (Å²) < 4.78 is 17.0. The maximum atomic E-state index is 13.2. The molecule has 6 heteroatoms. The molecule has 1 atom stereocenters. The maximum absolute atomic E-state index is 13.2. The summed E-state index contributed by atoms with van der Waals surface area (Å²) in [6, 6.07) is 5.10. The Labute approximate surface area is 174 Å². The zero-order valence-electron chi connectivity index (χ0n) is 18.2. The first-order valence-electron chi connectivity index (χ1n) is 10.9. The molecule has 2 rings (SSSR count). The lowest BCUT2D eigenvalue weighted by Crippen LogP contribution is -2.45. The number of rotatable bonds is 9. The first-order chi connectivity index (χ1) is 14.0. The highest BCUT2D eigenvalue weighted by Gasteiger charge is 2.39. The van der Waals surface area contributed by atoms with E-state index in [2.05, 4.69) is 5.32 Å². The van der Waals surface area contributed by atoms with Crippen LogP contribution in [0.5, 0.6) is 5.75 Å². The molecule has 0 aromatic heterocycles. The van der Waals surface area contributed by atoms with E-state index in [1.165, 1.54) is 0 Å². The van der Waals surface area contributed by atoms with Gasteiger partial charge in [-0.3, -0.25) is 4.79 Å². The van der Waals surface area contributed by atoms with Crippen molar-refractivity contribution in [1.29, 1.82) is 0 Å². The highest BCUT2D eigenvalue weighted by atomic mass is 16.5. The molecule has 162 valence electrons. The highest BCUT2D eigenvalue weighted by molar-refractivity contribution is 5.99. The monoisotopic (exact) mass is 405 g/mol. The van der Waals surface area contributed by atoms with Crippen LogP contribution in [0.2, 0.25) is 0 Å². The minimum Gasteiger partial charge on any atom is -0.490 e. The van der Waals surface area contributed by atoms with Crippen molar-refractivity contribution in [3.63, 3.8) is 0 Å². The molecule has 1 unspecified atom stereocenters. The van der Waals surface area contributed by atoms with E-state index < -0.39 is 11.6 Å². The predicted molar refractivity (Wildman–Crippen MR) is 113 cm³/mol. The van der Waals surface area contributed by atoms with E-state index in [9.17, 15) is 9.59 Å². The molecule has 0 heterocycles. The third-order valence-electron chi connectivity index (χ3n) is 5.38. The van der Waals surface area contributed by atoms with E-state index in [0.717, 1.165) is 32.1 Å². The lowest BCUT2D eigenvalue weighted by atomic mass is 9.92. The summed E-state index contributed by atoms with van der Waals surface area (Å²) in [4.78, 5) is 25.6. The average Bonchev–Trinajstić information content (AvgIpc) is 2.96. The van der Waals surface area contributed by atoms with Crippen molar-refractivity contribution in [2.45, 2.75) is 84.3 Å². The third-order valence-corrected chi connectivity index (χ3v) is 5.38. The van der Waals surface area contributed by atoms with Crippen LogP contribution in [0.15, 0.2) is 18.2 Å². The average molecular weight is 406 g/mol. The second-order valence-electron chi connectivity index (χ2n) is 7.56. The van der Waals surface area contributed by atoms with Gasteiger partial charge in [-0.15, -0.1) is 0 Å². The van der Waals surface area contributed by atoms with Gasteiger partial charge in [-0.25, -0.2) is 4.79 Å². The molecular weight excluding hydrogens is 370 g/mol. The zero-order chi connectivity index (χ0) is 21.3. The fraction of sp³-hybridized carbons (Fsp3) is 0.652. The SMILES string of the molecule is CCOC(=O)c1cc(NC(=O)C2(OCC)CCCCCC2)ccc1OC(C)CC. The van der Waals surface area contributed by atoms with Crippen LogP contribution in [0.3, 0.4) is 0 Å². The largest absolute Gasteiger partial charge is 0.490 e. The fourth-order valence-electron chi connectivity index (χ4n) is 3.64. The molecule has 6 nitrogen and oxygen atoms in total. The molecule has 29 heavy (non-hydrogen) atoms. The van der Waals surface area contributed by atoms with Gasteiger partial charge in [-0.1, -0.05) is 32.6 Å². The number of benzene rings is 1. The summed E-state index contributed by atoms with van der Waals surface area (Å²) >= 11 is 0. The van der Waals surface area contributed by atoms with Gasteiger partial charge in [-0.05, 0) is 58.2 Å². The number of esters is 1. The third kappa shape index (κ3) is 6.20. The predicted octanol–water partition coefficient (Wildman–Crippen LogP) is 5.11. The number of carbonyl (C=O) groups is 2. The van der Waals surface area contributed by atoms with Crippen LogP contribution in [0.4, 0.5) is 5.69 Å². The lowest BCUT2D eigenvalue weighted by molar-refractivity contribution is -0.143. The van der Waals surface area contributed by atoms with Gasteiger partial charge in [0, 0.05) is 12.3 Å². The zero-order valence-corrected chi connectivity index (χ0v) is 18.2. The molecule has 1 saturated carbocycles. The van der Waals surface area contributed by atoms with Gasteiger partial charge >= 0.3 is 5.97 Å². The van der Waals surface area contributed by atoms with Crippen molar-refractivity contribution < 1.29 is 23.8 Å². The van der Waals surface area contributed by atoms with Crippen LogP contribution >= 0.6 is 0 Å². The normalized spacial score (nSPS) is 17.1. The summed E-state index contributed by atoms with van der Waals surface area (Å²) in [5.41, 5.74) is 0.0514. The molecule has 1 amide bonds. The van der Waals surface area contributed by atoms with Crippen molar-refractivity contribution in [3.05, 3.63) is 23.8 Å². The van der Waals surface area contributed by atoms with Gasteiger partial charge in [0.25, 0.3) is 5.91 Å². The number of carbonyl (C=O) groups excluding carboxylic acids is 2. The molecule has 0 radical (unpaired) electrons. The Morgan fingerprint density at radius 2 is 1.76 bits per heavy atom. The van der Waals surface area contributed by atoms with Crippen LogP contribution < -0.4 is 10.1 Å². The van der Waals surface area contributed by atoms with E-state index in [-0.39, 0.29) is 18.6 Å². The smallest absolute Gasteiger partial charge is 0.341 e. The number of hydrogen-bond acceptors (Lipinski definition) is 5.